The molecule has 0 amide bonds. The van der Waals surface area contributed by atoms with Gasteiger partial charge in [-0.25, -0.2) is 0 Å². The maximum absolute atomic E-state index is 13.4. The van der Waals surface area contributed by atoms with Gasteiger partial charge in [-0.1, -0.05) is 54.9 Å². The standard InChI is InChI=1S/C23H31ClN2O3.ClH/c1-5-13-25-15-19(27)16-29-23(2,22(28)17-9-7-6-8-10-17)18-11-12-21(26(3)4)20(24)14-18;/h6-12,14,19,25,27H,5,13,15-16H2,1-4H3;1H. The summed E-state index contributed by atoms with van der Waals surface area (Å²) in [6.45, 7) is 5.05. The van der Waals surface area contributed by atoms with E-state index >= 15 is 0 Å². The van der Waals surface area contributed by atoms with Crippen LogP contribution in [0.25, 0.3) is 0 Å². The van der Waals surface area contributed by atoms with Gasteiger partial charge in [0.25, 0.3) is 0 Å². The highest BCUT2D eigenvalue weighted by atomic mass is 35.5. The van der Waals surface area contributed by atoms with Crippen LogP contribution in [0.5, 0.6) is 0 Å². The number of carbonyl (C=O) groups is 1. The average Bonchev–Trinajstić information content (AvgIpc) is 2.72. The summed E-state index contributed by atoms with van der Waals surface area (Å²) in [6, 6.07) is 14.5. The third-order valence-electron chi connectivity index (χ3n) is 4.82. The van der Waals surface area contributed by atoms with E-state index in [0.717, 1.165) is 18.7 Å². The molecular weight excluding hydrogens is 423 g/mol. The smallest absolute Gasteiger partial charge is 0.198 e. The Labute approximate surface area is 190 Å². The molecule has 0 fully saturated rings. The molecule has 2 atom stereocenters. The first-order valence-corrected chi connectivity index (χ1v) is 10.3. The molecule has 0 saturated heterocycles. The van der Waals surface area contributed by atoms with E-state index in [2.05, 4.69) is 12.2 Å². The Kier molecular flexibility index (Phi) is 10.8. The van der Waals surface area contributed by atoms with Gasteiger partial charge < -0.3 is 20.1 Å². The summed E-state index contributed by atoms with van der Waals surface area (Å²) < 4.78 is 6.07. The quantitative estimate of drug-likeness (QED) is 0.391. The molecule has 2 aromatic carbocycles. The fraction of sp³-hybridized carbons (Fsp3) is 0.435. The molecule has 5 nitrogen and oxygen atoms in total. The Hall–Kier alpha value is -1.63. The summed E-state index contributed by atoms with van der Waals surface area (Å²) in [6.07, 6.45) is 0.259. The molecule has 166 valence electrons. The van der Waals surface area contributed by atoms with E-state index in [-0.39, 0.29) is 24.8 Å². The molecule has 0 saturated carbocycles. The Balaban J connectivity index is 0.00000450. The molecule has 0 heterocycles. The number of Topliss-reactive ketones (excluding diaryl/α,β-unsaturated/α-hetero) is 1. The number of rotatable bonds is 11. The molecule has 2 rings (SSSR count). The number of nitrogens with zero attached hydrogens (tertiary/aromatic N) is 1. The summed E-state index contributed by atoms with van der Waals surface area (Å²) in [5.74, 6) is -0.180. The van der Waals surface area contributed by atoms with Gasteiger partial charge in [0.1, 0.15) is 0 Å². The van der Waals surface area contributed by atoms with Crippen molar-refractivity contribution in [3.8, 4) is 0 Å². The first-order valence-electron chi connectivity index (χ1n) is 9.89. The topological polar surface area (TPSA) is 61.8 Å². The van der Waals surface area contributed by atoms with Crippen molar-refractivity contribution >= 4 is 35.5 Å². The monoisotopic (exact) mass is 454 g/mol. The van der Waals surface area contributed by atoms with Crippen LogP contribution < -0.4 is 10.2 Å². The minimum Gasteiger partial charge on any atom is -0.389 e. The molecule has 0 aromatic heterocycles. The van der Waals surface area contributed by atoms with Gasteiger partial charge in [-0.15, -0.1) is 12.4 Å². The van der Waals surface area contributed by atoms with Crippen LogP contribution in [-0.4, -0.2) is 50.8 Å². The van der Waals surface area contributed by atoms with Crippen molar-refractivity contribution in [3.63, 3.8) is 0 Å². The molecular formula is C23H32Cl2N2O3. The van der Waals surface area contributed by atoms with Crippen molar-refractivity contribution < 1.29 is 14.6 Å². The number of nitrogens with one attached hydrogen (secondary N) is 1. The van der Waals surface area contributed by atoms with Crippen LogP contribution in [0, 0.1) is 0 Å². The number of anilines is 1. The van der Waals surface area contributed by atoms with Crippen molar-refractivity contribution in [2.75, 3.05) is 38.7 Å². The van der Waals surface area contributed by atoms with Crippen molar-refractivity contribution in [2.45, 2.75) is 32.0 Å². The molecule has 2 aromatic rings. The zero-order valence-electron chi connectivity index (χ0n) is 18.0. The van der Waals surface area contributed by atoms with Gasteiger partial charge in [0.2, 0.25) is 0 Å². The molecule has 0 spiro atoms. The van der Waals surface area contributed by atoms with Crippen LogP contribution in [0.4, 0.5) is 5.69 Å². The second-order valence-corrected chi connectivity index (χ2v) is 7.87. The molecule has 2 N–H and O–H groups in total. The highest BCUT2D eigenvalue weighted by molar-refractivity contribution is 6.33. The third-order valence-corrected chi connectivity index (χ3v) is 5.12. The number of aliphatic hydroxyl groups is 1. The maximum Gasteiger partial charge on any atom is 0.198 e. The van der Waals surface area contributed by atoms with Gasteiger partial charge in [0.15, 0.2) is 11.4 Å². The second kappa shape index (κ2) is 12.3. The SMILES string of the molecule is CCCNCC(O)COC(C)(C(=O)c1ccccc1)c1ccc(N(C)C)c(Cl)c1.Cl. The number of ether oxygens (including phenoxy) is 1. The third kappa shape index (κ3) is 6.69. The van der Waals surface area contributed by atoms with Crippen LogP contribution in [-0.2, 0) is 10.3 Å². The van der Waals surface area contributed by atoms with Gasteiger partial charge in [-0.05, 0) is 37.6 Å². The Bertz CT molecular complexity index is 802. The minimum absolute atomic E-state index is 0. The summed E-state index contributed by atoms with van der Waals surface area (Å²) >= 11 is 6.46. The normalized spacial score (nSPS) is 13.8. The molecule has 30 heavy (non-hydrogen) atoms. The zero-order chi connectivity index (χ0) is 21.4. The highest BCUT2D eigenvalue weighted by Gasteiger charge is 2.38. The molecule has 0 radical (unpaired) electrons. The predicted octanol–water partition coefficient (Wildman–Crippen LogP) is 4.30. The van der Waals surface area contributed by atoms with Gasteiger partial charge in [0, 0.05) is 26.2 Å². The first-order chi connectivity index (χ1) is 13.8. The first kappa shape index (κ1) is 26.4. The Morgan fingerprint density at radius 1 is 1.23 bits per heavy atom. The molecule has 7 heteroatoms. The second-order valence-electron chi connectivity index (χ2n) is 7.46. The lowest BCUT2D eigenvalue weighted by Crippen LogP contribution is -2.40. The number of aliphatic hydroxyl groups excluding tert-OH is 1. The van der Waals surface area contributed by atoms with E-state index in [4.69, 9.17) is 16.3 Å². The van der Waals surface area contributed by atoms with Gasteiger partial charge in [0.05, 0.1) is 23.4 Å². The summed E-state index contributed by atoms with van der Waals surface area (Å²) in [7, 11) is 3.82. The predicted molar refractivity (Wildman–Crippen MR) is 126 cm³/mol. The Morgan fingerprint density at radius 2 is 1.90 bits per heavy atom. The van der Waals surface area contributed by atoms with Crippen LogP contribution in [0.15, 0.2) is 48.5 Å². The highest BCUT2D eigenvalue weighted by Crippen LogP contribution is 2.35. The number of hydrogen-bond acceptors (Lipinski definition) is 5. The Morgan fingerprint density at radius 3 is 2.47 bits per heavy atom. The largest absolute Gasteiger partial charge is 0.389 e. The van der Waals surface area contributed by atoms with Gasteiger partial charge in [-0.3, -0.25) is 4.79 Å². The number of hydrogen-bond donors (Lipinski definition) is 2. The number of carbonyl (C=O) groups excluding carboxylic acids is 1. The van der Waals surface area contributed by atoms with E-state index < -0.39 is 11.7 Å². The fourth-order valence-corrected chi connectivity index (χ4v) is 3.43. The van der Waals surface area contributed by atoms with Crippen molar-refractivity contribution in [2.24, 2.45) is 0 Å². The number of benzene rings is 2. The molecule has 2 unspecified atom stereocenters. The van der Waals surface area contributed by atoms with E-state index in [1.165, 1.54) is 0 Å². The van der Waals surface area contributed by atoms with E-state index in [1.54, 1.807) is 25.1 Å². The van der Waals surface area contributed by atoms with Crippen molar-refractivity contribution in [3.05, 3.63) is 64.7 Å². The molecule has 0 aliphatic rings. The number of ketones is 1. The van der Waals surface area contributed by atoms with E-state index in [1.807, 2.05) is 49.3 Å². The summed E-state index contributed by atoms with van der Waals surface area (Å²) in [5, 5.41) is 14.0. The van der Waals surface area contributed by atoms with E-state index in [0.29, 0.717) is 22.7 Å². The van der Waals surface area contributed by atoms with Crippen LogP contribution in [0.3, 0.4) is 0 Å². The van der Waals surface area contributed by atoms with Crippen molar-refractivity contribution in [1.29, 1.82) is 0 Å². The minimum atomic E-state index is -1.28. The van der Waals surface area contributed by atoms with Gasteiger partial charge >= 0.3 is 0 Å². The summed E-state index contributed by atoms with van der Waals surface area (Å²) in [5.41, 5.74) is 0.771. The maximum atomic E-state index is 13.4. The fourth-order valence-electron chi connectivity index (χ4n) is 3.08. The van der Waals surface area contributed by atoms with Crippen LogP contribution in [0.1, 0.15) is 36.2 Å². The average molecular weight is 455 g/mol. The van der Waals surface area contributed by atoms with Crippen LogP contribution >= 0.6 is 24.0 Å². The van der Waals surface area contributed by atoms with Crippen LogP contribution in [0.2, 0.25) is 5.02 Å². The molecule has 0 aliphatic heterocycles. The lowest BCUT2D eigenvalue weighted by atomic mass is 9.87. The lowest BCUT2D eigenvalue weighted by molar-refractivity contribution is -0.0534. The number of halogens is 2. The zero-order valence-corrected chi connectivity index (χ0v) is 19.6. The van der Waals surface area contributed by atoms with E-state index in [9.17, 15) is 9.90 Å². The molecule has 0 bridgehead atoms. The van der Waals surface area contributed by atoms with Crippen molar-refractivity contribution in [1.82, 2.24) is 5.32 Å². The summed E-state index contributed by atoms with van der Waals surface area (Å²) in [4.78, 5) is 15.3. The van der Waals surface area contributed by atoms with Gasteiger partial charge in [-0.2, -0.15) is 0 Å². The lowest BCUT2D eigenvalue weighted by Gasteiger charge is -2.31. The molecule has 0 aliphatic carbocycles.